The Morgan fingerprint density at radius 3 is 2.56 bits per heavy atom. The summed E-state index contributed by atoms with van der Waals surface area (Å²) in [7, 11) is 1.99. The van der Waals surface area contributed by atoms with Gasteiger partial charge in [-0.2, -0.15) is 0 Å². The first-order valence-corrected chi connectivity index (χ1v) is 3.58. The van der Waals surface area contributed by atoms with E-state index in [4.69, 9.17) is 0 Å². The van der Waals surface area contributed by atoms with E-state index in [1.807, 2.05) is 7.05 Å². The second-order valence-electron chi connectivity index (χ2n) is 2.83. The molecule has 0 aromatic heterocycles. The van der Waals surface area contributed by atoms with Crippen LogP contribution in [0.4, 0.5) is 4.39 Å². The summed E-state index contributed by atoms with van der Waals surface area (Å²) in [5.74, 6) is 0. The molecule has 0 aromatic rings. The van der Waals surface area contributed by atoms with Crippen molar-refractivity contribution in [3.05, 3.63) is 0 Å². The fourth-order valence-electron chi connectivity index (χ4n) is 1.49. The Balaban J connectivity index is 2.38. The molecule has 0 bridgehead atoms. The van der Waals surface area contributed by atoms with Gasteiger partial charge in [-0.3, -0.25) is 0 Å². The van der Waals surface area contributed by atoms with Gasteiger partial charge in [0.1, 0.15) is 6.17 Å². The predicted octanol–water partition coefficient (Wildman–Crippen LogP) is 1.44. The molecule has 0 aromatic carbocycles. The zero-order valence-corrected chi connectivity index (χ0v) is 6.10. The van der Waals surface area contributed by atoms with Crippen molar-refractivity contribution >= 4 is 0 Å². The van der Waals surface area contributed by atoms with Crippen LogP contribution in [0.1, 0.15) is 19.8 Å². The van der Waals surface area contributed by atoms with Gasteiger partial charge in [0, 0.05) is 12.6 Å². The third kappa shape index (κ3) is 1.42. The highest BCUT2D eigenvalue weighted by Gasteiger charge is 2.27. The first kappa shape index (κ1) is 7.00. The van der Waals surface area contributed by atoms with Crippen molar-refractivity contribution in [3.8, 4) is 0 Å². The fraction of sp³-hybridized carbons (Fsp3) is 1.00. The lowest BCUT2D eigenvalue weighted by molar-refractivity contribution is 0.290. The van der Waals surface area contributed by atoms with Gasteiger partial charge in [0.25, 0.3) is 0 Å². The Bertz CT molecular complexity index is 94.9. The molecule has 54 valence electrons. The van der Waals surface area contributed by atoms with Crippen molar-refractivity contribution in [1.82, 2.24) is 4.90 Å². The lowest BCUT2D eigenvalue weighted by Crippen LogP contribution is -2.23. The highest BCUT2D eigenvalue weighted by atomic mass is 19.1. The van der Waals surface area contributed by atoms with E-state index in [1.165, 1.54) is 0 Å². The molecule has 1 nitrogen and oxygen atoms in total. The molecule has 1 rings (SSSR count). The molecule has 0 saturated carbocycles. The van der Waals surface area contributed by atoms with Gasteiger partial charge < -0.3 is 4.90 Å². The Morgan fingerprint density at radius 1 is 1.67 bits per heavy atom. The topological polar surface area (TPSA) is 3.24 Å². The number of hydrogen-bond acceptors (Lipinski definition) is 1. The molecule has 0 aliphatic carbocycles. The lowest BCUT2D eigenvalue weighted by atomic mass is 10.2. The summed E-state index contributed by atoms with van der Waals surface area (Å²) in [6, 6.07) is 0.500. The largest absolute Gasteiger partial charge is 0.300 e. The Kier molecular flexibility index (Phi) is 2.06. The Labute approximate surface area is 55.8 Å². The number of alkyl halides is 1. The van der Waals surface area contributed by atoms with Crippen LogP contribution in [0.2, 0.25) is 0 Å². The second kappa shape index (κ2) is 2.65. The van der Waals surface area contributed by atoms with Crippen LogP contribution in [-0.4, -0.2) is 30.7 Å². The molecule has 1 aliphatic heterocycles. The highest BCUT2D eigenvalue weighted by molar-refractivity contribution is 4.81. The molecule has 2 heteroatoms. The first-order chi connectivity index (χ1) is 4.24. The van der Waals surface area contributed by atoms with Crippen molar-refractivity contribution in [2.75, 3.05) is 13.6 Å². The quantitative estimate of drug-likeness (QED) is 0.520. The monoisotopic (exact) mass is 131 g/mol. The summed E-state index contributed by atoms with van der Waals surface area (Å²) in [4.78, 5) is 2.10. The summed E-state index contributed by atoms with van der Waals surface area (Å²) in [5, 5.41) is 0. The average molecular weight is 131 g/mol. The van der Waals surface area contributed by atoms with E-state index in [0.717, 1.165) is 12.8 Å². The predicted molar refractivity (Wildman–Crippen MR) is 36.2 cm³/mol. The summed E-state index contributed by atoms with van der Waals surface area (Å²) in [6.45, 7) is 2.75. The van der Waals surface area contributed by atoms with Crippen LogP contribution in [0.15, 0.2) is 0 Å². The molecule has 1 saturated heterocycles. The minimum Gasteiger partial charge on any atom is -0.300 e. The van der Waals surface area contributed by atoms with Crippen LogP contribution < -0.4 is 0 Å². The first-order valence-electron chi connectivity index (χ1n) is 3.58. The summed E-state index contributed by atoms with van der Waals surface area (Å²) < 4.78 is 12.6. The van der Waals surface area contributed by atoms with Crippen LogP contribution in [0.5, 0.6) is 0 Å². The number of hydrogen-bond donors (Lipinski definition) is 0. The van der Waals surface area contributed by atoms with E-state index >= 15 is 0 Å². The van der Waals surface area contributed by atoms with Crippen molar-refractivity contribution in [2.45, 2.75) is 32.0 Å². The van der Waals surface area contributed by atoms with Gasteiger partial charge in [-0.15, -0.1) is 0 Å². The van der Waals surface area contributed by atoms with E-state index in [1.54, 1.807) is 0 Å². The minimum absolute atomic E-state index is 0.500. The zero-order valence-electron chi connectivity index (χ0n) is 6.10. The number of rotatable bonds is 1. The SMILES string of the molecule is CC[C@H]1CC(F)CN1C. The summed E-state index contributed by atoms with van der Waals surface area (Å²) in [5.41, 5.74) is 0. The molecule has 1 fully saturated rings. The van der Waals surface area contributed by atoms with Gasteiger partial charge in [0.2, 0.25) is 0 Å². The molecule has 2 atom stereocenters. The Hall–Kier alpha value is -0.110. The van der Waals surface area contributed by atoms with Crippen LogP contribution >= 0.6 is 0 Å². The normalized spacial score (nSPS) is 37.7. The van der Waals surface area contributed by atoms with Crippen LogP contribution in [0.3, 0.4) is 0 Å². The standard InChI is InChI=1S/C7H14FN/c1-3-7-4-6(8)5-9(7)2/h6-7H,3-5H2,1-2H3/t6?,7-/m0/s1. The number of halogens is 1. The maximum absolute atomic E-state index is 12.6. The molecule has 0 N–H and O–H groups in total. The van der Waals surface area contributed by atoms with Gasteiger partial charge >= 0.3 is 0 Å². The molecule has 1 aliphatic rings. The second-order valence-corrected chi connectivity index (χ2v) is 2.83. The van der Waals surface area contributed by atoms with Gasteiger partial charge in [-0.05, 0) is 19.9 Å². The zero-order chi connectivity index (χ0) is 6.85. The van der Waals surface area contributed by atoms with E-state index in [2.05, 4.69) is 11.8 Å². The third-order valence-corrected chi connectivity index (χ3v) is 2.11. The molecule has 0 spiro atoms. The molecule has 9 heavy (non-hydrogen) atoms. The summed E-state index contributed by atoms with van der Waals surface area (Å²) in [6.07, 6.45) is 1.25. The van der Waals surface area contributed by atoms with Crippen LogP contribution in [0.25, 0.3) is 0 Å². The van der Waals surface area contributed by atoms with Gasteiger partial charge in [0.05, 0.1) is 0 Å². The van der Waals surface area contributed by atoms with E-state index in [0.29, 0.717) is 12.6 Å². The van der Waals surface area contributed by atoms with Gasteiger partial charge in [0.15, 0.2) is 0 Å². The maximum atomic E-state index is 12.6. The average Bonchev–Trinajstić information content (AvgIpc) is 2.10. The van der Waals surface area contributed by atoms with Crippen molar-refractivity contribution in [2.24, 2.45) is 0 Å². The highest BCUT2D eigenvalue weighted by Crippen LogP contribution is 2.19. The van der Waals surface area contributed by atoms with Crippen LogP contribution in [0, 0.1) is 0 Å². The van der Waals surface area contributed by atoms with Crippen LogP contribution in [-0.2, 0) is 0 Å². The molecule has 0 amide bonds. The Morgan fingerprint density at radius 2 is 2.33 bits per heavy atom. The molecule has 1 unspecified atom stereocenters. The van der Waals surface area contributed by atoms with Gasteiger partial charge in [-0.25, -0.2) is 4.39 Å². The molecular formula is C7H14FN. The van der Waals surface area contributed by atoms with Crippen molar-refractivity contribution in [3.63, 3.8) is 0 Å². The van der Waals surface area contributed by atoms with Crippen molar-refractivity contribution in [1.29, 1.82) is 0 Å². The van der Waals surface area contributed by atoms with Crippen molar-refractivity contribution < 1.29 is 4.39 Å². The number of nitrogens with zero attached hydrogens (tertiary/aromatic N) is 1. The van der Waals surface area contributed by atoms with E-state index < -0.39 is 6.17 Å². The minimum atomic E-state index is -0.569. The fourth-order valence-corrected chi connectivity index (χ4v) is 1.49. The molecular weight excluding hydrogens is 117 g/mol. The third-order valence-electron chi connectivity index (χ3n) is 2.11. The lowest BCUT2D eigenvalue weighted by Gasteiger charge is -2.15. The van der Waals surface area contributed by atoms with E-state index in [9.17, 15) is 4.39 Å². The number of likely N-dealkylation sites (tertiary alicyclic amines) is 1. The van der Waals surface area contributed by atoms with E-state index in [-0.39, 0.29) is 0 Å². The van der Waals surface area contributed by atoms with Gasteiger partial charge in [-0.1, -0.05) is 6.92 Å². The molecule has 1 heterocycles. The smallest absolute Gasteiger partial charge is 0.114 e. The molecule has 0 radical (unpaired) electrons. The maximum Gasteiger partial charge on any atom is 0.114 e. The summed E-state index contributed by atoms with van der Waals surface area (Å²) >= 11 is 0.